The summed E-state index contributed by atoms with van der Waals surface area (Å²) in [6.07, 6.45) is -65.5. The van der Waals surface area contributed by atoms with E-state index in [9.17, 15) is 117 Å². The molecule has 7 saturated heterocycles. The van der Waals surface area contributed by atoms with Gasteiger partial charge in [0.1, 0.15) is 171 Å². The van der Waals surface area contributed by atoms with Crippen LogP contribution in [-0.4, -0.2) is 379 Å². The van der Waals surface area contributed by atoms with Crippen LogP contribution in [0.15, 0.2) is 0 Å². The molecule has 0 spiro atoms. The number of nitrogens with one attached hydrogen (secondary N) is 1. The average molecular weight is 1190 g/mol. The zero-order valence-electron chi connectivity index (χ0n) is 42.7. The van der Waals surface area contributed by atoms with Crippen LogP contribution in [0.1, 0.15) is 6.92 Å². The molecule has 0 aliphatic carbocycles. The monoisotopic (exact) mass is 1190 g/mol. The summed E-state index contributed by atoms with van der Waals surface area (Å²) in [6.45, 7) is -5.21. The van der Waals surface area contributed by atoms with Gasteiger partial charge in [-0.25, -0.2) is 0 Å². The zero-order chi connectivity index (χ0) is 59.6. The number of carbonyl (C=O) groups is 1. The molecule has 23 N–H and O–H groups in total. The van der Waals surface area contributed by atoms with Crippen molar-refractivity contribution in [2.24, 2.45) is 0 Å². The van der Waals surface area contributed by atoms with Gasteiger partial charge in [-0.1, -0.05) is 0 Å². The zero-order valence-corrected chi connectivity index (χ0v) is 42.7. The molecule has 0 aromatic rings. The number of hydrogen-bond acceptors (Lipinski definition) is 36. The lowest BCUT2D eigenvalue weighted by Gasteiger charge is -2.47. The second-order valence-electron chi connectivity index (χ2n) is 20.5. The fourth-order valence-corrected chi connectivity index (χ4v) is 9.98. The normalized spacial score (nSPS) is 51.9. The Morgan fingerprint density at radius 3 is 0.988 bits per heavy atom. The van der Waals surface area contributed by atoms with Gasteiger partial charge < -0.3 is 179 Å². The lowest BCUT2D eigenvalue weighted by molar-refractivity contribution is -0.374. The van der Waals surface area contributed by atoms with Gasteiger partial charge in [0.25, 0.3) is 0 Å². The third-order valence-corrected chi connectivity index (χ3v) is 14.9. The molecule has 81 heavy (non-hydrogen) atoms. The van der Waals surface area contributed by atoms with Crippen LogP contribution >= 0.6 is 0 Å². The summed E-state index contributed by atoms with van der Waals surface area (Å²) in [7, 11) is 0. The molecule has 0 aromatic carbocycles. The molecule has 0 radical (unpaired) electrons. The highest BCUT2D eigenvalue weighted by Gasteiger charge is 2.56. The van der Waals surface area contributed by atoms with Gasteiger partial charge in [0.05, 0.1) is 46.2 Å². The van der Waals surface area contributed by atoms with Crippen molar-refractivity contribution in [1.29, 1.82) is 0 Å². The van der Waals surface area contributed by atoms with Gasteiger partial charge in [0.2, 0.25) is 5.91 Å². The molecule has 7 fully saturated rings. The van der Waals surface area contributed by atoms with Gasteiger partial charge in [-0.05, 0) is 0 Å². The maximum absolute atomic E-state index is 12.1. The van der Waals surface area contributed by atoms with E-state index < -0.39 is 267 Å². The first-order valence-electron chi connectivity index (χ1n) is 25.6. The minimum atomic E-state index is -2.18. The van der Waals surface area contributed by atoms with Crippen LogP contribution < -0.4 is 5.32 Å². The number of carbonyl (C=O) groups excluding carboxylic acids is 1. The Bertz CT molecular complexity index is 1940. The Kier molecular flexibility index (Phi) is 23.6. The van der Waals surface area contributed by atoms with Crippen molar-refractivity contribution in [2.75, 3.05) is 46.2 Å². The highest BCUT2D eigenvalue weighted by molar-refractivity contribution is 5.73. The van der Waals surface area contributed by atoms with E-state index in [2.05, 4.69) is 5.32 Å². The topological polar surface area (TPSA) is 594 Å². The second kappa shape index (κ2) is 28.7. The van der Waals surface area contributed by atoms with Crippen LogP contribution in [-0.2, 0) is 66.4 Å². The highest BCUT2D eigenvalue weighted by Crippen LogP contribution is 2.35. The second-order valence-corrected chi connectivity index (χ2v) is 20.5. The van der Waals surface area contributed by atoms with Crippen LogP contribution in [0.3, 0.4) is 0 Å². The van der Waals surface area contributed by atoms with Crippen molar-refractivity contribution >= 4 is 5.91 Å². The van der Waals surface area contributed by atoms with Gasteiger partial charge >= 0.3 is 0 Å². The molecule has 1 amide bonds. The molecule has 0 saturated carbocycles. The number of aliphatic hydroxyl groups is 22. The maximum Gasteiger partial charge on any atom is 0.217 e. The molecule has 7 aliphatic heterocycles. The molecule has 7 heterocycles. The Balaban J connectivity index is 1.07. The summed E-state index contributed by atoms with van der Waals surface area (Å²) in [5, 5.41) is 236. The number of rotatable bonds is 20. The van der Waals surface area contributed by atoms with E-state index in [1.54, 1.807) is 0 Å². The Labute approximate surface area is 457 Å². The van der Waals surface area contributed by atoms with Gasteiger partial charge in [-0.15, -0.1) is 0 Å². The van der Waals surface area contributed by atoms with Gasteiger partial charge in [-0.3, -0.25) is 4.79 Å². The Morgan fingerprint density at radius 1 is 0.321 bits per heavy atom. The predicted molar refractivity (Wildman–Crippen MR) is 243 cm³/mol. The SMILES string of the molecule is CC(=O)N[C@H]1[C@H](OC[C@H]2O[C@@H](OC[C@H]3O[C@@H](OC[C@H]4O[C@@H](OC[C@H]5O[C@@H](O)[C@H](O)[C@@H](O)[C@@H]5O)[C@H](O)[C@@H](O[C@@H]5O[C@H](CO)[C@@H](O)[C@H](O)[C@H]5O)[C@@H]4O)[C@H](O)[C@@H](O)[C@@H]3O)[C@H](O)[C@@H](O[C@@H]3O[C@H](CO)[C@@H](O)[C@H](O)[C@H]3O)[C@@H]2O)O[C@H](CO)[C@@H](O)[C@@H]1O. The number of aliphatic hydroxyl groups excluding tert-OH is 22. The summed E-state index contributed by atoms with van der Waals surface area (Å²) in [5.74, 6) is -0.731. The average Bonchev–Trinajstić information content (AvgIpc) is 3.47. The minimum Gasteiger partial charge on any atom is -0.394 e. The third kappa shape index (κ3) is 14.6. The van der Waals surface area contributed by atoms with Crippen LogP contribution in [0.2, 0.25) is 0 Å². The maximum atomic E-state index is 12.1. The van der Waals surface area contributed by atoms with E-state index in [1.165, 1.54) is 0 Å². The van der Waals surface area contributed by atoms with Crippen molar-refractivity contribution in [3.63, 3.8) is 0 Å². The van der Waals surface area contributed by atoms with Gasteiger partial charge in [-0.2, -0.15) is 0 Å². The van der Waals surface area contributed by atoms with Crippen LogP contribution in [0, 0.1) is 0 Å². The van der Waals surface area contributed by atoms with E-state index in [-0.39, 0.29) is 0 Å². The molecular weight excluding hydrogens is 1120 g/mol. The van der Waals surface area contributed by atoms with Gasteiger partial charge in [0, 0.05) is 6.92 Å². The van der Waals surface area contributed by atoms with E-state index in [0.29, 0.717) is 0 Å². The third-order valence-electron chi connectivity index (χ3n) is 14.9. The lowest BCUT2D eigenvalue weighted by atomic mass is 9.96. The predicted octanol–water partition coefficient (Wildman–Crippen LogP) is -16.1. The smallest absolute Gasteiger partial charge is 0.217 e. The molecule has 7 rings (SSSR count). The standard InChI is InChI=1S/C44H75NO36/c1-9(49)45-17-25(57)18(50)10(2-46)74-39(17)69-7-15-23(55)36(80-43-32(64)27(59)19(51)11(3-47)75-43)35(67)42(78-15)72-6-14-22(54)29(61)31(63)40(77-14)70-8-16-24(56)37(81-44-33(65)28(60)20(52)12(4-48)76-44)34(66)41(79-16)71-5-13-21(53)26(58)30(62)38(68)73-13/h10-44,46-48,50-68H,2-8H2,1H3,(H,45,49)/t10-,11-,12-,13-,14-,15-,16-,17-,18-,19-,20-,21-,22-,23-,24-,25-,26+,27+,28+,29+,30-,31-,32-,33-,34-,35-,36+,37+,38-,39-,40-,41-,42-,43+,44+/m1/s1. The highest BCUT2D eigenvalue weighted by atomic mass is 16.8. The molecular formula is C44H75NO36. The Hall–Kier alpha value is -1.93. The summed E-state index contributed by atoms with van der Waals surface area (Å²) < 4.78 is 73.0. The first-order chi connectivity index (χ1) is 38.2. The van der Waals surface area contributed by atoms with Crippen molar-refractivity contribution in [3.05, 3.63) is 0 Å². The molecule has 472 valence electrons. The van der Waals surface area contributed by atoms with E-state index in [0.717, 1.165) is 6.92 Å². The summed E-state index contributed by atoms with van der Waals surface area (Å²) in [5.41, 5.74) is 0. The van der Waals surface area contributed by atoms with Gasteiger partial charge in [0.15, 0.2) is 44.0 Å². The summed E-state index contributed by atoms with van der Waals surface area (Å²) in [4.78, 5) is 12.1. The Morgan fingerprint density at radius 2 is 0.605 bits per heavy atom. The molecule has 0 aromatic heterocycles. The first kappa shape index (κ1) is 66.6. The van der Waals surface area contributed by atoms with Crippen molar-refractivity contribution in [2.45, 2.75) is 222 Å². The fraction of sp³-hybridized carbons (Fsp3) is 0.977. The number of ether oxygens (including phenoxy) is 13. The van der Waals surface area contributed by atoms with Crippen LogP contribution in [0.4, 0.5) is 0 Å². The molecule has 37 nitrogen and oxygen atoms in total. The van der Waals surface area contributed by atoms with Crippen LogP contribution in [0.5, 0.6) is 0 Å². The van der Waals surface area contributed by atoms with Crippen molar-refractivity contribution in [3.8, 4) is 0 Å². The first-order valence-corrected chi connectivity index (χ1v) is 25.6. The fourth-order valence-electron chi connectivity index (χ4n) is 9.98. The lowest BCUT2D eigenvalue weighted by Crippen LogP contribution is -2.66. The summed E-state index contributed by atoms with van der Waals surface area (Å²) >= 11 is 0. The van der Waals surface area contributed by atoms with E-state index >= 15 is 0 Å². The van der Waals surface area contributed by atoms with E-state index in [1.807, 2.05) is 0 Å². The quantitative estimate of drug-likeness (QED) is 0.0538. The van der Waals surface area contributed by atoms with Crippen molar-refractivity contribution in [1.82, 2.24) is 5.32 Å². The number of hydrogen-bond donors (Lipinski definition) is 23. The van der Waals surface area contributed by atoms with E-state index in [4.69, 9.17) is 61.6 Å². The number of amides is 1. The van der Waals surface area contributed by atoms with Crippen molar-refractivity contribution < 1.29 is 179 Å². The molecule has 0 unspecified atom stereocenters. The molecule has 37 heteroatoms. The molecule has 0 bridgehead atoms. The summed E-state index contributed by atoms with van der Waals surface area (Å²) in [6, 6.07) is -1.51. The molecule has 35 atom stereocenters. The molecule has 7 aliphatic rings. The minimum absolute atomic E-state index is 0.731. The van der Waals surface area contributed by atoms with Crippen LogP contribution in [0.25, 0.3) is 0 Å². The largest absolute Gasteiger partial charge is 0.394 e.